The molecule has 2 N–H and O–H groups in total. The molecule has 0 aliphatic rings. The summed E-state index contributed by atoms with van der Waals surface area (Å²) in [5.74, 6) is -1.13. The maximum atomic E-state index is 12.4. The second-order valence-electron chi connectivity index (χ2n) is 6.24. The van der Waals surface area contributed by atoms with Gasteiger partial charge in [0, 0.05) is 22.5 Å². The molecule has 0 aromatic heterocycles. The number of ether oxygens (including phenoxy) is 1. The highest BCUT2D eigenvalue weighted by Crippen LogP contribution is 2.14. The van der Waals surface area contributed by atoms with Gasteiger partial charge >= 0.3 is 5.97 Å². The molecule has 3 rings (SSSR count). The largest absolute Gasteiger partial charge is 0.465 e. The first-order valence-electron chi connectivity index (χ1n) is 8.91. The van der Waals surface area contributed by atoms with Crippen LogP contribution in [0.5, 0.6) is 0 Å². The second kappa shape index (κ2) is 9.17. The van der Waals surface area contributed by atoms with Crippen LogP contribution in [0.3, 0.4) is 0 Å². The summed E-state index contributed by atoms with van der Waals surface area (Å²) in [5, 5.41) is 14.3. The van der Waals surface area contributed by atoms with Crippen LogP contribution in [-0.4, -0.2) is 24.9 Å². The third-order valence-electron chi connectivity index (χ3n) is 4.25. The first-order valence-corrected chi connectivity index (χ1v) is 8.91. The molecule has 0 fully saturated rings. The van der Waals surface area contributed by atoms with E-state index in [1.165, 1.54) is 7.11 Å². The number of rotatable bonds is 5. The Morgan fingerprint density at radius 2 is 1.10 bits per heavy atom. The van der Waals surface area contributed by atoms with E-state index in [4.69, 9.17) is 5.26 Å². The van der Waals surface area contributed by atoms with Crippen LogP contribution in [0.15, 0.2) is 72.8 Å². The molecule has 0 aliphatic heterocycles. The summed E-state index contributed by atoms with van der Waals surface area (Å²) in [4.78, 5) is 36.2. The van der Waals surface area contributed by atoms with Crippen LogP contribution in [0.1, 0.15) is 36.6 Å². The molecule has 2 amide bonds. The SMILES string of the molecule is COC(=O)c1ccc(NC(=O)c2ccc(C(=O)Nc3ccc(C#N)cc3)cc2)cc1. The zero-order valence-electron chi connectivity index (χ0n) is 16.0. The molecule has 30 heavy (non-hydrogen) atoms. The molecule has 0 saturated heterocycles. The maximum Gasteiger partial charge on any atom is 0.337 e. The lowest BCUT2D eigenvalue weighted by Crippen LogP contribution is -2.14. The second-order valence-corrected chi connectivity index (χ2v) is 6.24. The van der Waals surface area contributed by atoms with Gasteiger partial charge in [0.1, 0.15) is 0 Å². The van der Waals surface area contributed by atoms with E-state index in [2.05, 4.69) is 15.4 Å². The quantitative estimate of drug-likeness (QED) is 0.634. The van der Waals surface area contributed by atoms with Gasteiger partial charge in [-0.15, -0.1) is 0 Å². The number of hydrogen-bond acceptors (Lipinski definition) is 5. The molecule has 148 valence electrons. The Morgan fingerprint density at radius 1 is 0.700 bits per heavy atom. The Balaban J connectivity index is 1.62. The standard InChI is InChI=1S/C23H17N3O4/c1-30-23(29)18-8-12-20(13-9-18)26-22(28)17-6-4-16(5-7-17)21(27)25-19-10-2-15(14-24)3-11-19/h2-13H,1H3,(H,25,27)(H,26,28). The summed E-state index contributed by atoms with van der Waals surface area (Å²) in [5.41, 5.74) is 2.74. The topological polar surface area (TPSA) is 108 Å². The van der Waals surface area contributed by atoms with E-state index in [1.807, 2.05) is 6.07 Å². The van der Waals surface area contributed by atoms with Crippen molar-refractivity contribution in [1.29, 1.82) is 5.26 Å². The molecular weight excluding hydrogens is 382 g/mol. The summed E-state index contributed by atoms with van der Waals surface area (Å²) in [7, 11) is 1.30. The smallest absolute Gasteiger partial charge is 0.337 e. The summed E-state index contributed by atoms with van der Waals surface area (Å²) in [6, 6.07) is 21.0. The number of carbonyl (C=O) groups excluding carboxylic acids is 3. The molecule has 0 heterocycles. The van der Waals surface area contributed by atoms with Crippen LogP contribution < -0.4 is 10.6 Å². The van der Waals surface area contributed by atoms with Crippen molar-refractivity contribution in [1.82, 2.24) is 0 Å². The van der Waals surface area contributed by atoms with Gasteiger partial charge in [-0.2, -0.15) is 5.26 Å². The summed E-state index contributed by atoms with van der Waals surface area (Å²) in [6.45, 7) is 0. The molecule has 0 saturated carbocycles. The van der Waals surface area contributed by atoms with Crippen LogP contribution in [0.2, 0.25) is 0 Å². The van der Waals surface area contributed by atoms with Gasteiger partial charge in [-0.25, -0.2) is 4.79 Å². The van der Waals surface area contributed by atoms with Gasteiger partial charge in [-0.05, 0) is 72.8 Å². The average molecular weight is 399 g/mol. The Labute approximate surface area is 172 Å². The number of methoxy groups -OCH3 is 1. The van der Waals surface area contributed by atoms with E-state index < -0.39 is 5.97 Å². The molecule has 0 bridgehead atoms. The van der Waals surface area contributed by atoms with Gasteiger partial charge in [0.25, 0.3) is 11.8 Å². The third kappa shape index (κ3) is 4.88. The van der Waals surface area contributed by atoms with Crippen LogP contribution in [0, 0.1) is 11.3 Å². The van der Waals surface area contributed by atoms with Crippen molar-refractivity contribution in [2.75, 3.05) is 17.7 Å². The van der Waals surface area contributed by atoms with Gasteiger partial charge in [0.05, 0.1) is 24.3 Å². The molecule has 0 radical (unpaired) electrons. The minimum absolute atomic E-state index is 0.329. The molecule has 3 aromatic rings. The van der Waals surface area contributed by atoms with E-state index >= 15 is 0 Å². The number of anilines is 2. The van der Waals surface area contributed by atoms with Gasteiger partial charge in [-0.1, -0.05) is 0 Å². The van der Waals surface area contributed by atoms with Crippen molar-refractivity contribution < 1.29 is 19.1 Å². The summed E-state index contributed by atoms with van der Waals surface area (Å²) < 4.78 is 4.63. The Kier molecular flexibility index (Phi) is 6.20. The number of nitriles is 1. The number of esters is 1. The van der Waals surface area contributed by atoms with E-state index in [1.54, 1.807) is 72.8 Å². The molecule has 3 aromatic carbocycles. The molecule has 0 unspecified atom stereocenters. The first-order chi connectivity index (χ1) is 14.5. The van der Waals surface area contributed by atoms with Crippen molar-refractivity contribution in [3.05, 3.63) is 95.1 Å². The van der Waals surface area contributed by atoms with Crippen molar-refractivity contribution in [2.45, 2.75) is 0 Å². The van der Waals surface area contributed by atoms with Gasteiger partial charge < -0.3 is 15.4 Å². The maximum absolute atomic E-state index is 12.4. The average Bonchev–Trinajstić information content (AvgIpc) is 2.79. The monoisotopic (exact) mass is 399 g/mol. The highest BCUT2D eigenvalue weighted by Gasteiger charge is 2.11. The molecule has 7 heteroatoms. The fourth-order valence-electron chi connectivity index (χ4n) is 2.62. The minimum Gasteiger partial charge on any atom is -0.465 e. The number of nitrogens with one attached hydrogen (secondary N) is 2. The molecule has 0 atom stereocenters. The fraction of sp³-hybridized carbons (Fsp3) is 0.0435. The van der Waals surface area contributed by atoms with E-state index in [-0.39, 0.29) is 11.8 Å². The van der Waals surface area contributed by atoms with Gasteiger partial charge in [-0.3, -0.25) is 9.59 Å². The molecule has 0 spiro atoms. The lowest BCUT2D eigenvalue weighted by atomic mass is 10.1. The van der Waals surface area contributed by atoms with Crippen molar-refractivity contribution >= 4 is 29.2 Å². The fourth-order valence-corrected chi connectivity index (χ4v) is 2.62. The Hall–Kier alpha value is -4.44. The van der Waals surface area contributed by atoms with E-state index in [0.717, 1.165) is 0 Å². The van der Waals surface area contributed by atoms with Crippen LogP contribution in [0.4, 0.5) is 11.4 Å². The number of carbonyl (C=O) groups is 3. The number of benzene rings is 3. The van der Waals surface area contributed by atoms with Crippen molar-refractivity contribution in [3.63, 3.8) is 0 Å². The van der Waals surface area contributed by atoms with Gasteiger partial charge in [0.15, 0.2) is 0 Å². The van der Waals surface area contributed by atoms with Gasteiger partial charge in [0.2, 0.25) is 0 Å². The predicted octanol–water partition coefficient (Wildman–Crippen LogP) is 3.85. The van der Waals surface area contributed by atoms with Crippen LogP contribution >= 0.6 is 0 Å². The summed E-state index contributed by atoms with van der Waals surface area (Å²) in [6.07, 6.45) is 0. The number of amides is 2. The van der Waals surface area contributed by atoms with Crippen molar-refractivity contribution in [3.8, 4) is 6.07 Å². The highest BCUT2D eigenvalue weighted by atomic mass is 16.5. The zero-order chi connectivity index (χ0) is 21.5. The minimum atomic E-state index is -0.456. The summed E-state index contributed by atoms with van der Waals surface area (Å²) >= 11 is 0. The van der Waals surface area contributed by atoms with Crippen LogP contribution in [-0.2, 0) is 4.74 Å². The Bertz CT molecular complexity index is 1110. The molecule has 0 aliphatic carbocycles. The lowest BCUT2D eigenvalue weighted by Gasteiger charge is -2.08. The Morgan fingerprint density at radius 3 is 1.50 bits per heavy atom. The van der Waals surface area contributed by atoms with Crippen LogP contribution in [0.25, 0.3) is 0 Å². The molecule has 7 nitrogen and oxygen atoms in total. The molecular formula is C23H17N3O4. The number of nitrogens with zero attached hydrogens (tertiary/aromatic N) is 1. The van der Waals surface area contributed by atoms with E-state index in [0.29, 0.717) is 33.6 Å². The van der Waals surface area contributed by atoms with Crippen molar-refractivity contribution in [2.24, 2.45) is 0 Å². The third-order valence-corrected chi connectivity index (χ3v) is 4.25. The zero-order valence-corrected chi connectivity index (χ0v) is 16.0. The number of hydrogen-bond donors (Lipinski definition) is 2. The first kappa shape index (κ1) is 20.3. The van der Waals surface area contributed by atoms with E-state index in [9.17, 15) is 14.4 Å². The lowest BCUT2D eigenvalue weighted by molar-refractivity contribution is 0.0600. The highest BCUT2D eigenvalue weighted by molar-refractivity contribution is 6.07. The predicted molar refractivity (Wildman–Crippen MR) is 111 cm³/mol. The normalized spacial score (nSPS) is 9.87.